The summed E-state index contributed by atoms with van der Waals surface area (Å²) in [5.41, 5.74) is 0.862. The summed E-state index contributed by atoms with van der Waals surface area (Å²) >= 11 is 0. The molecule has 1 unspecified atom stereocenters. The molecule has 1 atom stereocenters. The fourth-order valence-electron chi connectivity index (χ4n) is 1.88. The van der Waals surface area contributed by atoms with Gasteiger partial charge in [-0.2, -0.15) is 0 Å². The molecular weight excluding hydrogens is 248 g/mol. The molecule has 5 nitrogen and oxygen atoms in total. The van der Waals surface area contributed by atoms with Gasteiger partial charge in [-0.05, 0) is 6.92 Å². The SMILES string of the molecule is CC(=O)CC(=O)OC1CC(=O)c2ccc(cc2)C1=O. The Hall–Kier alpha value is -2.30. The predicted molar refractivity (Wildman–Crippen MR) is 64.9 cm³/mol. The van der Waals surface area contributed by atoms with Crippen molar-refractivity contribution in [3.05, 3.63) is 35.4 Å². The minimum Gasteiger partial charge on any atom is -0.453 e. The first-order valence-corrected chi connectivity index (χ1v) is 5.84. The maximum Gasteiger partial charge on any atom is 0.314 e. The summed E-state index contributed by atoms with van der Waals surface area (Å²) in [5.74, 6) is -1.82. The van der Waals surface area contributed by atoms with E-state index in [1.54, 1.807) is 12.1 Å². The van der Waals surface area contributed by atoms with Crippen molar-refractivity contribution in [3.8, 4) is 0 Å². The lowest BCUT2D eigenvalue weighted by Crippen LogP contribution is -2.32. The predicted octanol–water partition coefficient (Wildman–Crippen LogP) is 1.35. The first-order chi connectivity index (χ1) is 8.97. The van der Waals surface area contributed by atoms with E-state index in [-0.39, 0.29) is 18.0 Å². The highest BCUT2D eigenvalue weighted by molar-refractivity contribution is 6.08. The second kappa shape index (κ2) is 5.14. The molecule has 19 heavy (non-hydrogen) atoms. The smallest absolute Gasteiger partial charge is 0.314 e. The zero-order chi connectivity index (χ0) is 14.0. The molecule has 1 aromatic carbocycles. The molecule has 0 saturated heterocycles. The molecule has 0 fully saturated rings. The lowest BCUT2D eigenvalue weighted by Gasteiger charge is -2.18. The molecule has 2 aliphatic rings. The standard InChI is InChI=1S/C14H12O5/c1-8(15)6-13(17)19-12-7-11(16)9-2-4-10(5-3-9)14(12)18/h2-5,12H,6-7H2,1H3. The van der Waals surface area contributed by atoms with E-state index in [4.69, 9.17) is 4.74 Å². The number of rotatable bonds is 3. The van der Waals surface area contributed by atoms with Crippen molar-refractivity contribution >= 4 is 23.3 Å². The Morgan fingerprint density at radius 3 is 2.32 bits per heavy atom. The Kier molecular flexibility index (Phi) is 3.55. The topological polar surface area (TPSA) is 77.5 Å². The van der Waals surface area contributed by atoms with Crippen LogP contribution in [-0.4, -0.2) is 29.4 Å². The van der Waals surface area contributed by atoms with Gasteiger partial charge in [0.2, 0.25) is 5.78 Å². The largest absolute Gasteiger partial charge is 0.453 e. The molecule has 0 radical (unpaired) electrons. The van der Waals surface area contributed by atoms with Gasteiger partial charge in [-0.15, -0.1) is 0 Å². The number of carbonyl (C=O) groups excluding carboxylic acids is 4. The van der Waals surface area contributed by atoms with Gasteiger partial charge in [0.25, 0.3) is 0 Å². The molecule has 98 valence electrons. The number of carbonyl (C=O) groups is 4. The first-order valence-electron chi connectivity index (χ1n) is 5.84. The highest BCUT2D eigenvalue weighted by Crippen LogP contribution is 2.19. The number of ketones is 3. The third-order valence-electron chi connectivity index (χ3n) is 2.82. The summed E-state index contributed by atoms with van der Waals surface area (Å²) in [6.45, 7) is 1.25. The Labute approximate surface area is 109 Å². The van der Waals surface area contributed by atoms with Crippen molar-refractivity contribution in [3.63, 3.8) is 0 Å². The molecule has 0 amide bonds. The number of fused-ring (bicyclic) bond motifs is 5. The highest BCUT2D eigenvalue weighted by atomic mass is 16.5. The zero-order valence-corrected chi connectivity index (χ0v) is 10.3. The molecule has 0 aliphatic heterocycles. The van der Waals surface area contributed by atoms with Crippen LogP contribution < -0.4 is 0 Å². The van der Waals surface area contributed by atoms with Crippen LogP contribution in [0.2, 0.25) is 0 Å². The summed E-state index contributed by atoms with van der Waals surface area (Å²) in [7, 11) is 0. The van der Waals surface area contributed by atoms with Gasteiger partial charge in [0, 0.05) is 11.1 Å². The van der Waals surface area contributed by atoms with Crippen LogP contribution in [-0.2, 0) is 14.3 Å². The first kappa shape index (κ1) is 13.1. The van der Waals surface area contributed by atoms with E-state index in [0.717, 1.165) is 0 Å². The normalized spacial score (nSPS) is 17.8. The Morgan fingerprint density at radius 2 is 1.74 bits per heavy atom. The van der Waals surface area contributed by atoms with Gasteiger partial charge in [-0.1, -0.05) is 24.3 Å². The number of benzene rings is 1. The lowest BCUT2D eigenvalue weighted by molar-refractivity contribution is -0.148. The molecule has 2 bridgehead atoms. The zero-order valence-electron chi connectivity index (χ0n) is 10.3. The molecule has 0 spiro atoms. The Morgan fingerprint density at radius 1 is 1.16 bits per heavy atom. The van der Waals surface area contributed by atoms with Crippen LogP contribution in [0.5, 0.6) is 0 Å². The van der Waals surface area contributed by atoms with Crippen molar-refractivity contribution in [2.24, 2.45) is 0 Å². The van der Waals surface area contributed by atoms with E-state index < -0.39 is 24.3 Å². The van der Waals surface area contributed by atoms with E-state index in [9.17, 15) is 19.2 Å². The maximum atomic E-state index is 12.1. The van der Waals surface area contributed by atoms with Crippen molar-refractivity contribution < 1.29 is 23.9 Å². The van der Waals surface area contributed by atoms with Gasteiger partial charge in [0.1, 0.15) is 12.2 Å². The fraction of sp³-hybridized carbons (Fsp3) is 0.286. The van der Waals surface area contributed by atoms with Crippen LogP contribution in [0, 0.1) is 0 Å². The van der Waals surface area contributed by atoms with Crippen LogP contribution in [0.25, 0.3) is 0 Å². The fourth-order valence-corrected chi connectivity index (χ4v) is 1.88. The summed E-state index contributed by atoms with van der Waals surface area (Å²) in [4.78, 5) is 46.1. The second-order valence-electron chi connectivity index (χ2n) is 4.43. The van der Waals surface area contributed by atoms with Gasteiger partial charge in [-0.3, -0.25) is 19.2 Å². The van der Waals surface area contributed by atoms with Gasteiger partial charge < -0.3 is 4.74 Å². The van der Waals surface area contributed by atoms with Crippen LogP contribution in [0.15, 0.2) is 24.3 Å². The monoisotopic (exact) mass is 260 g/mol. The minimum absolute atomic E-state index is 0.185. The lowest BCUT2D eigenvalue weighted by atomic mass is 9.93. The summed E-state index contributed by atoms with van der Waals surface area (Å²) in [6, 6.07) is 6.20. The molecular formula is C14H12O5. The van der Waals surface area contributed by atoms with Crippen LogP contribution in [0.1, 0.15) is 40.5 Å². The summed E-state index contributed by atoms with van der Waals surface area (Å²) < 4.78 is 4.94. The van der Waals surface area contributed by atoms with Crippen molar-refractivity contribution in [1.29, 1.82) is 0 Å². The third-order valence-corrected chi connectivity index (χ3v) is 2.82. The number of hydrogen-bond donors (Lipinski definition) is 0. The van der Waals surface area contributed by atoms with Crippen molar-refractivity contribution in [2.45, 2.75) is 25.9 Å². The van der Waals surface area contributed by atoms with Crippen LogP contribution in [0.3, 0.4) is 0 Å². The Balaban J connectivity index is 2.19. The molecule has 0 N–H and O–H groups in total. The van der Waals surface area contributed by atoms with E-state index >= 15 is 0 Å². The number of Topliss-reactive ketones (excluding diaryl/α,β-unsaturated/α-hetero) is 3. The average molecular weight is 260 g/mol. The Bertz CT molecular complexity index is 556. The second-order valence-corrected chi connectivity index (χ2v) is 4.43. The van der Waals surface area contributed by atoms with Crippen LogP contribution in [0.4, 0.5) is 0 Å². The number of hydrogen-bond acceptors (Lipinski definition) is 5. The van der Waals surface area contributed by atoms with E-state index in [1.165, 1.54) is 19.1 Å². The average Bonchev–Trinajstić information content (AvgIpc) is 2.35. The molecule has 0 heterocycles. The van der Waals surface area contributed by atoms with E-state index in [0.29, 0.717) is 11.1 Å². The van der Waals surface area contributed by atoms with E-state index in [1.807, 2.05) is 0 Å². The van der Waals surface area contributed by atoms with Gasteiger partial charge in [0.15, 0.2) is 11.9 Å². The maximum absolute atomic E-state index is 12.1. The van der Waals surface area contributed by atoms with Gasteiger partial charge in [-0.25, -0.2) is 0 Å². The molecule has 2 aliphatic carbocycles. The number of ether oxygens (including phenoxy) is 1. The summed E-state index contributed by atoms with van der Waals surface area (Å²) in [5, 5.41) is 0. The molecule has 5 heteroatoms. The third kappa shape index (κ3) is 2.93. The van der Waals surface area contributed by atoms with Crippen molar-refractivity contribution in [1.82, 2.24) is 0 Å². The number of esters is 1. The molecule has 0 aromatic heterocycles. The molecule has 0 saturated carbocycles. The minimum atomic E-state index is -1.14. The van der Waals surface area contributed by atoms with Crippen LogP contribution >= 0.6 is 0 Å². The summed E-state index contributed by atoms with van der Waals surface area (Å²) in [6.07, 6.45) is -1.72. The van der Waals surface area contributed by atoms with Crippen molar-refractivity contribution in [2.75, 3.05) is 0 Å². The molecule has 1 aromatic rings. The highest BCUT2D eigenvalue weighted by Gasteiger charge is 2.29. The van der Waals surface area contributed by atoms with E-state index in [2.05, 4.69) is 0 Å². The van der Waals surface area contributed by atoms with Gasteiger partial charge >= 0.3 is 5.97 Å². The molecule has 3 rings (SSSR count). The van der Waals surface area contributed by atoms with Gasteiger partial charge in [0.05, 0.1) is 6.42 Å². The quantitative estimate of drug-likeness (QED) is 0.605.